The number of nitrogens with zero attached hydrogens (tertiary/aromatic N) is 4. The molecule has 2 aromatic carbocycles. The van der Waals surface area contributed by atoms with Gasteiger partial charge in [-0.15, -0.1) is 0 Å². The second-order valence-electron chi connectivity index (χ2n) is 7.83. The molecule has 34 heavy (non-hydrogen) atoms. The van der Waals surface area contributed by atoms with Crippen LogP contribution < -0.4 is 15.5 Å². The molecular weight excluding hydrogens is 457 g/mol. The van der Waals surface area contributed by atoms with Gasteiger partial charge in [0.05, 0.1) is 64.9 Å². The van der Waals surface area contributed by atoms with Crippen LogP contribution in [-0.2, 0) is 11.3 Å². The number of imidazole rings is 1. The molecular formula is C24H21ClFN7O. The Morgan fingerprint density at radius 3 is 2.79 bits per heavy atom. The van der Waals surface area contributed by atoms with Crippen molar-refractivity contribution in [1.82, 2.24) is 15.0 Å². The molecule has 0 aliphatic carbocycles. The maximum atomic E-state index is 13.7. The van der Waals surface area contributed by atoms with Gasteiger partial charge in [-0.2, -0.15) is 5.26 Å². The van der Waals surface area contributed by atoms with Gasteiger partial charge >= 0.3 is 0 Å². The Morgan fingerprint density at radius 1 is 1.21 bits per heavy atom. The molecule has 0 amide bonds. The van der Waals surface area contributed by atoms with Gasteiger partial charge in [0, 0.05) is 36.6 Å². The molecule has 0 bridgehead atoms. The predicted molar refractivity (Wildman–Crippen MR) is 130 cm³/mol. The molecule has 0 spiro atoms. The molecule has 0 atom stereocenters. The Balaban J connectivity index is 1.61. The Labute approximate surface area is 200 Å². The van der Waals surface area contributed by atoms with Crippen molar-refractivity contribution in [1.29, 1.82) is 5.26 Å². The number of aromatic nitrogens is 3. The number of H-pyrrole nitrogens is 1. The summed E-state index contributed by atoms with van der Waals surface area (Å²) >= 11 is 5.97. The minimum absolute atomic E-state index is 0.00149. The van der Waals surface area contributed by atoms with E-state index in [-0.39, 0.29) is 5.02 Å². The number of anilines is 4. The molecule has 2 aromatic heterocycles. The largest absolute Gasteiger partial charge is 0.378 e. The summed E-state index contributed by atoms with van der Waals surface area (Å²) in [5.41, 5.74) is 5.07. The SMILES string of the molecule is N#Cc1cnc2cc(N3CCOCC3)c(NCc3cnc[nH]3)cc2c1Nc1ccc(F)c(Cl)c1. The maximum absolute atomic E-state index is 13.7. The number of ether oxygens (including phenoxy) is 1. The summed E-state index contributed by atoms with van der Waals surface area (Å²) in [5, 5.41) is 17.2. The van der Waals surface area contributed by atoms with Gasteiger partial charge in [0.25, 0.3) is 0 Å². The molecule has 10 heteroatoms. The van der Waals surface area contributed by atoms with E-state index in [1.165, 1.54) is 18.3 Å². The third kappa shape index (κ3) is 4.46. The third-order valence-corrected chi connectivity index (χ3v) is 5.96. The van der Waals surface area contributed by atoms with Crippen LogP contribution in [0.3, 0.4) is 0 Å². The van der Waals surface area contributed by atoms with Crippen LogP contribution in [0.5, 0.6) is 0 Å². The average molecular weight is 478 g/mol. The number of benzene rings is 2. The fourth-order valence-corrected chi connectivity index (χ4v) is 4.13. The number of pyridine rings is 1. The van der Waals surface area contributed by atoms with Crippen LogP contribution in [0.25, 0.3) is 10.9 Å². The highest BCUT2D eigenvalue weighted by atomic mass is 35.5. The quantitative estimate of drug-likeness (QED) is 0.366. The summed E-state index contributed by atoms with van der Waals surface area (Å²) in [6.07, 6.45) is 4.94. The van der Waals surface area contributed by atoms with Crippen molar-refractivity contribution in [2.75, 3.05) is 41.8 Å². The Hall–Kier alpha value is -3.87. The monoisotopic (exact) mass is 477 g/mol. The number of hydrogen-bond donors (Lipinski definition) is 3. The molecule has 1 saturated heterocycles. The lowest BCUT2D eigenvalue weighted by Gasteiger charge is -2.31. The Kier molecular flexibility index (Phi) is 6.16. The number of morpholine rings is 1. The average Bonchev–Trinajstić information content (AvgIpc) is 3.39. The lowest BCUT2D eigenvalue weighted by atomic mass is 10.1. The van der Waals surface area contributed by atoms with Crippen LogP contribution in [0.2, 0.25) is 5.02 Å². The fraction of sp³-hybridized carbons (Fsp3) is 0.208. The van der Waals surface area contributed by atoms with E-state index in [9.17, 15) is 9.65 Å². The van der Waals surface area contributed by atoms with Gasteiger partial charge < -0.3 is 25.3 Å². The molecule has 0 radical (unpaired) electrons. The zero-order valence-corrected chi connectivity index (χ0v) is 18.9. The van der Waals surface area contributed by atoms with E-state index in [0.717, 1.165) is 41.1 Å². The summed E-state index contributed by atoms with van der Waals surface area (Å²) < 4.78 is 19.2. The van der Waals surface area contributed by atoms with Gasteiger partial charge in [-0.25, -0.2) is 9.37 Å². The van der Waals surface area contributed by atoms with Crippen molar-refractivity contribution in [3.63, 3.8) is 0 Å². The van der Waals surface area contributed by atoms with Crippen molar-refractivity contribution in [3.8, 4) is 6.07 Å². The molecule has 4 aromatic rings. The predicted octanol–water partition coefficient (Wildman–Crippen LogP) is 4.81. The van der Waals surface area contributed by atoms with Gasteiger partial charge in [0.15, 0.2) is 0 Å². The van der Waals surface area contributed by atoms with Crippen molar-refractivity contribution in [2.24, 2.45) is 0 Å². The zero-order chi connectivity index (χ0) is 23.5. The van der Waals surface area contributed by atoms with Crippen LogP contribution in [0.15, 0.2) is 49.1 Å². The van der Waals surface area contributed by atoms with E-state index in [4.69, 9.17) is 16.3 Å². The molecule has 0 unspecified atom stereocenters. The number of halogens is 2. The van der Waals surface area contributed by atoms with E-state index < -0.39 is 5.82 Å². The number of fused-ring (bicyclic) bond motifs is 1. The zero-order valence-electron chi connectivity index (χ0n) is 18.1. The summed E-state index contributed by atoms with van der Waals surface area (Å²) in [7, 11) is 0. The topological polar surface area (TPSA) is 102 Å². The van der Waals surface area contributed by atoms with Crippen LogP contribution >= 0.6 is 11.6 Å². The second kappa shape index (κ2) is 9.55. The highest BCUT2D eigenvalue weighted by Crippen LogP contribution is 2.37. The van der Waals surface area contributed by atoms with Crippen LogP contribution in [0.4, 0.5) is 27.1 Å². The van der Waals surface area contributed by atoms with Crippen LogP contribution in [-0.4, -0.2) is 41.3 Å². The molecule has 5 rings (SSSR count). The van der Waals surface area contributed by atoms with E-state index in [1.54, 1.807) is 18.6 Å². The molecule has 8 nitrogen and oxygen atoms in total. The van der Waals surface area contributed by atoms with Gasteiger partial charge in [-0.1, -0.05) is 11.6 Å². The first-order valence-electron chi connectivity index (χ1n) is 10.7. The molecule has 1 aliphatic rings. The Bertz CT molecular complexity index is 1360. The number of aromatic amines is 1. The fourth-order valence-electron chi connectivity index (χ4n) is 3.94. The maximum Gasteiger partial charge on any atom is 0.141 e. The van der Waals surface area contributed by atoms with Crippen LogP contribution in [0, 0.1) is 17.1 Å². The summed E-state index contributed by atoms with van der Waals surface area (Å²) in [6, 6.07) is 10.5. The highest BCUT2D eigenvalue weighted by molar-refractivity contribution is 6.31. The molecule has 0 saturated carbocycles. The number of nitrogens with one attached hydrogen (secondary N) is 3. The van der Waals surface area contributed by atoms with Gasteiger partial charge in [-0.3, -0.25) is 4.98 Å². The van der Waals surface area contributed by atoms with E-state index in [1.807, 2.05) is 12.1 Å². The summed E-state index contributed by atoms with van der Waals surface area (Å²) in [6.45, 7) is 3.37. The smallest absolute Gasteiger partial charge is 0.141 e. The first kappa shape index (κ1) is 21.9. The minimum Gasteiger partial charge on any atom is -0.378 e. The van der Waals surface area contributed by atoms with E-state index >= 15 is 0 Å². The first-order valence-corrected chi connectivity index (χ1v) is 11.1. The lowest BCUT2D eigenvalue weighted by Crippen LogP contribution is -2.36. The second-order valence-corrected chi connectivity index (χ2v) is 8.24. The number of nitriles is 1. The summed E-state index contributed by atoms with van der Waals surface area (Å²) in [4.78, 5) is 14.0. The highest BCUT2D eigenvalue weighted by Gasteiger charge is 2.19. The number of rotatable bonds is 6. The standard InChI is InChI=1S/C24H21ClFN7O/c25-19-7-16(1-2-20(19)26)32-24-15(10-27)11-29-21-9-23(33-3-5-34-6-4-33)22(8-18(21)24)30-13-17-12-28-14-31-17/h1-2,7-9,11-12,14,30H,3-6,13H2,(H,28,31)(H,29,32). The van der Waals surface area contributed by atoms with E-state index in [0.29, 0.717) is 36.7 Å². The van der Waals surface area contributed by atoms with Gasteiger partial charge in [0.1, 0.15) is 11.9 Å². The minimum atomic E-state index is -0.507. The lowest BCUT2D eigenvalue weighted by molar-refractivity contribution is 0.123. The third-order valence-electron chi connectivity index (χ3n) is 5.67. The summed E-state index contributed by atoms with van der Waals surface area (Å²) in [5.74, 6) is -0.507. The van der Waals surface area contributed by atoms with Crippen molar-refractivity contribution in [3.05, 3.63) is 71.2 Å². The molecule has 172 valence electrons. The van der Waals surface area contributed by atoms with Crippen molar-refractivity contribution in [2.45, 2.75) is 6.54 Å². The molecule has 1 aliphatic heterocycles. The molecule has 3 N–H and O–H groups in total. The molecule has 3 heterocycles. The molecule has 1 fully saturated rings. The van der Waals surface area contributed by atoms with Gasteiger partial charge in [-0.05, 0) is 30.3 Å². The van der Waals surface area contributed by atoms with E-state index in [2.05, 4.69) is 36.6 Å². The number of hydrogen-bond acceptors (Lipinski definition) is 7. The first-order chi connectivity index (χ1) is 16.6. The van der Waals surface area contributed by atoms with Crippen molar-refractivity contribution < 1.29 is 9.13 Å². The van der Waals surface area contributed by atoms with Crippen molar-refractivity contribution >= 4 is 45.3 Å². The van der Waals surface area contributed by atoms with Crippen LogP contribution in [0.1, 0.15) is 11.3 Å². The van der Waals surface area contributed by atoms with Gasteiger partial charge in [0.2, 0.25) is 0 Å². The normalized spacial score (nSPS) is 13.6. The Morgan fingerprint density at radius 2 is 2.06 bits per heavy atom.